The van der Waals surface area contributed by atoms with Gasteiger partial charge in [-0.3, -0.25) is 19.9 Å². The van der Waals surface area contributed by atoms with E-state index in [1.165, 1.54) is 9.47 Å². The Bertz CT molecular complexity index is 1620. The molecule has 5 rings (SSSR count). The topological polar surface area (TPSA) is 113 Å². The van der Waals surface area contributed by atoms with Crippen molar-refractivity contribution in [3.8, 4) is 22.5 Å². The second-order valence-corrected chi connectivity index (χ2v) is 9.43. The molecule has 0 saturated carbocycles. The van der Waals surface area contributed by atoms with Gasteiger partial charge < -0.3 is 19.1 Å². The van der Waals surface area contributed by atoms with Crippen LogP contribution in [0.5, 0.6) is 0 Å². The Morgan fingerprint density at radius 1 is 1.03 bits per heavy atom. The zero-order valence-electron chi connectivity index (χ0n) is 21.7. The molecule has 0 unspecified atom stereocenters. The normalized spacial score (nSPS) is 11.2. The molecular weight excluding hydrogens is 480 g/mol. The van der Waals surface area contributed by atoms with Crippen LogP contribution < -0.4 is 10.7 Å². The minimum absolute atomic E-state index is 0.0104. The molecule has 0 saturated heterocycles. The quantitative estimate of drug-likeness (QED) is 0.300. The van der Waals surface area contributed by atoms with Gasteiger partial charge in [0.25, 0.3) is 5.56 Å². The molecule has 2 aromatic carbocycles. The zero-order chi connectivity index (χ0) is 26.6. The summed E-state index contributed by atoms with van der Waals surface area (Å²) < 4.78 is 3.46. The minimum Gasteiger partial charge on any atom is -0.347 e. The average Bonchev–Trinajstić information content (AvgIpc) is 3.58. The van der Waals surface area contributed by atoms with E-state index in [4.69, 9.17) is 4.98 Å². The van der Waals surface area contributed by atoms with E-state index in [2.05, 4.69) is 51.8 Å². The lowest BCUT2D eigenvalue weighted by Gasteiger charge is -2.13. The summed E-state index contributed by atoms with van der Waals surface area (Å²) in [6, 6.07) is 17.9. The first-order chi connectivity index (χ1) is 18.5. The Balaban J connectivity index is 1.51. The Labute approximate surface area is 219 Å². The molecule has 0 N–H and O–H groups in total. The molecule has 3 aromatic heterocycles. The van der Waals surface area contributed by atoms with Crippen LogP contribution in [-0.4, -0.2) is 54.5 Å². The van der Waals surface area contributed by atoms with E-state index in [-0.39, 0.29) is 18.0 Å². The number of carbonyl (C=O) groups excluding carboxylic acids is 1. The molecule has 1 amide bonds. The van der Waals surface area contributed by atoms with Crippen molar-refractivity contribution in [1.82, 2.24) is 39.6 Å². The van der Waals surface area contributed by atoms with Crippen molar-refractivity contribution in [2.24, 2.45) is 0 Å². The number of pyridine rings is 1. The van der Waals surface area contributed by atoms with Crippen LogP contribution >= 0.6 is 0 Å². The highest BCUT2D eigenvalue weighted by atomic mass is 16.2. The molecule has 194 valence electrons. The van der Waals surface area contributed by atoms with Crippen molar-refractivity contribution < 1.29 is 4.79 Å². The Morgan fingerprint density at radius 2 is 1.79 bits per heavy atom. The highest BCUT2D eigenvalue weighted by molar-refractivity contribution is 5.80. The van der Waals surface area contributed by atoms with Gasteiger partial charge in [-0.15, -0.1) is 0 Å². The summed E-state index contributed by atoms with van der Waals surface area (Å²) in [6.45, 7) is 2.62. The van der Waals surface area contributed by atoms with Crippen LogP contribution in [0.3, 0.4) is 0 Å². The van der Waals surface area contributed by atoms with Gasteiger partial charge in [-0.05, 0) is 34.7 Å². The summed E-state index contributed by atoms with van der Waals surface area (Å²) in [5.74, 6) is 1.22. The van der Waals surface area contributed by atoms with Crippen molar-refractivity contribution in [3.05, 3.63) is 82.5 Å². The van der Waals surface area contributed by atoms with E-state index in [1.807, 2.05) is 34.9 Å². The first-order valence-electron chi connectivity index (χ1n) is 12.6. The molecule has 0 bridgehead atoms. The van der Waals surface area contributed by atoms with Crippen molar-refractivity contribution in [2.45, 2.75) is 39.3 Å². The van der Waals surface area contributed by atoms with Crippen molar-refractivity contribution in [3.63, 3.8) is 0 Å². The zero-order valence-corrected chi connectivity index (χ0v) is 21.7. The number of tetrazole rings is 1. The first-order valence-corrected chi connectivity index (χ1v) is 12.6. The summed E-state index contributed by atoms with van der Waals surface area (Å²) in [6.07, 6.45) is 4.42. The second-order valence-electron chi connectivity index (χ2n) is 9.43. The van der Waals surface area contributed by atoms with Gasteiger partial charge in [-0.25, -0.2) is 4.98 Å². The average molecular weight is 510 g/mol. The van der Waals surface area contributed by atoms with Crippen molar-refractivity contribution in [1.29, 1.82) is 0 Å². The predicted molar refractivity (Wildman–Crippen MR) is 144 cm³/mol. The summed E-state index contributed by atoms with van der Waals surface area (Å²) in [4.78, 5) is 32.1. The van der Waals surface area contributed by atoms with Gasteiger partial charge in [-0.1, -0.05) is 61.9 Å². The molecule has 0 fully saturated rings. The third-order valence-electron chi connectivity index (χ3n) is 6.60. The number of aryl methyl sites for hydroxylation is 1. The fraction of sp³-hybridized carbons (Fsp3) is 0.286. The standard InChI is InChI=1S/C28H29N8O2/c1-4-5-10-24-29-23-15-16-35(18-25(37)34(2)3)28(38)26(23)36(24)17-19-11-13-20(14-12-19)21-8-6-7-9-22(21)27-30-32-33-31-27/h6-9,11-16H,4-5,10,17-18H2,1-3H3/q-1. The number of nitrogens with zero attached hydrogens (tertiary/aromatic N) is 8. The van der Waals surface area contributed by atoms with Crippen LogP contribution in [0, 0.1) is 0 Å². The number of benzene rings is 2. The van der Waals surface area contributed by atoms with Crippen molar-refractivity contribution >= 4 is 16.9 Å². The Hall–Kier alpha value is -4.60. The molecule has 0 radical (unpaired) electrons. The fourth-order valence-electron chi connectivity index (χ4n) is 4.49. The number of fused-ring (bicyclic) bond motifs is 1. The fourth-order valence-corrected chi connectivity index (χ4v) is 4.49. The summed E-state index contributed by atoms with van der Waals surface area (Å²) in [7, 11) is 3.36. The third kappa shape index (κ3) is 4.97. The van der Waals surface area contributed by atoms with Crippen LogP contribution in [0.25, 0.3) is 33.5 Å². The molecule has 10 nitrogen and oxygen atoms in total. The maximum absolute atomic E-state index is 13.5. The van der Waals surface area contributed by atoms with Crippen LogP contribution in [0.2, 0.25) is 0 Å². The predicted octanol–water partition coefficient (Wildman–Crippen LogP) is 3.15. The maximum Gasteiger partial charge on any atom is 0.277 e. The van der Waals surface area contributed by atoms with E-state index in [0.717, 1.165) is 47.3 Å². The van der Waals surface area contributed by atoms with E-state index in [0.29, 0.717) is 23.4 Å². The lowest BCUT2D eigenvalue weighted by Crippen LogP contribution is -2.31. The van der Waals surface area contributed by atoms with Crippen LogP contribution in [0.15, 0.2) is 65.6 Å². The third-order valence-corrected chi connectivity index (χ3v) is 6.60. The number of aromatic nitrogens is 7. The lowest BCUT2D eigenvalue weighted by atomic mass is 9.98. The van der Waals surface area contributed by atoms with Crippen LogP contribution in [0.4, 0.5) is 0 Å². The van der Waals surface area contributed by atoms with Crippen LogP contribution in [-0.2, 0) is 24.3 Å². The number of hydrogen-bond donors (Lipinski definition) is 0. The first kappa shape index (κ1) is 25.1. The summed E-state index contributed by atoms with van der Waals surface area (Å²) >= 11 is 0. The molecule has 10 heteroatoms. The van der Waals surface area contributed by atoms with Gasteiger partial charge in [-0.2, -0.15) is 5.21 Å². The van der Waals surface area contributed by atoms with Crippen LogP contribution in [0.1, 0.15) is 31.2 Å². The van der Waals surface area contributed by atoms with E-state index >= 15 is 0 Å². The van der Waals surface area contributed by atoms with Gasteiger partial charge >= 0.3 is 0 Å². The van der Waals surface area contributed by atoms with Gasteiger partial charge in [0.2, 0.25) is 5.91 Å². The maximum atomic E-state index is 13.5. The molecular formula is C28H29N8O2-. The highest BCUT2D eigenvalue weighted by Gasteiger charge is 2.17. The number of amides is 1. The number of hydrogen-bond acceptors (Lipinski definition) is 6. The smallest absolute Gasteiger partial charge is 0.277 e. The van der Waals surface area contributed by atoms with Gasteiger partial charge in [0.15, 0.2) is 0 Å². The number of unbranched alkanes of at least 4 members (excludes halogenated alkanes) is 1. The molecule has 0 atom stereocenters. The largest absolute Gasteiger partial charge is 0.347 e. The molecule has 0 spiro atoms. The van der Waals surface area contributed by atoms with Gasteiger partial charge in [0.05, 0.1) is 5.52 Å². The number of rotatable bonds is 9. The summed E-state index contributed by atoms with van der Waals surface area (Å²) in [5.41, 5.74) is 4.86. The molecule has 3 heterocycles. The SMILES string of the molecule is CCCCc1nc2ccn(CC(=O)N(C)C)c(=O)c2n1Cc1ccc(-c2ccccc2-c2nnn[n-]2)cc1. The monoisotopic (exact) mass is 509 g/mol. The Morgan fingerprint density at radius 3 is 2.47 bits per heavy atom. The molecule has 0 aliphatic carbocycles. The molecule has 0 aliphatic heterocycles. The number of carbonyl (C=O) groups is 1. The van der Waals surface area contributed by atoms with E-state index in [9.17, 15) is 9.59 Å². The Kier molecular flexibility index (Phi) is 7.12. The van der Waals surface area contributed by atoms with Crippen molar-refractivity contribution in [2.75, 3.05) is 14.1 Å². The molecule has 38 heavy (non-hydrogen) atoms. The minimum atomic E-state index is -0.213. The molecule has 5 aromatic rings. The van der Waals surface area contributed by atoms with E-state index < -0.39 is 0 Å². The molecule has 0 aliphatic rings. The lowest BCUT2D eigenvalue weighted by molar-refractivity contribution is -0.129. The second kappa shape index (κ2) is 10.8. The summed E-state index contributed by atoms with van der Waals surface area (Å²) in [5, 5.41) is 15.2. The highest BCUT2D eigenvalue weighted by Crippen LogP contribution is 2.30. The number of imidazole rings is 1. The van der Waals surface area contributed by atoms with Gasteiger partial charge in [0, 0.05) is 39.1 Å². The van der Waals surface area contributed by atoms with Gasteiger partial charge in [0.1, 0.15) is 17.9 Å². The van der Waals surface area contributed by atoms with E-state index in [1.54, 1.807) is 20.3 Å². The number of likely N-dealkylation sites (N-methyl/N-ethyl adjacent to an activating group) is 1.